The summed E-state index contributed by atoms with van der Waals surface area (Å²) in [5, 5.41) is 48.3. The van der Waals surface area contributed by atoms with E-state index in [4.69, 9.17) is 17.2 Å². The molecule has 0 saturated carbocycles. The number of nitrogens with one attached hydrogen (secondary N) is 5. The molecular weight excluding hydrogens is 674 g/mol. The lowest BCUT2D eigenvalue weighted by Gasteiger charge is -2.28. The third kappa shape index (κ3) is 17.9. The standard InChI is InChI=1S/C27H47N9O12S/c1-12(2)20(36-24(45)16(10-19(40)41)33-21(42)13(28)6-8-49-3)25(46)34-15(9-18(38)39)23(44)32-14(5-4-7-31-27(29)30)22(43)35-17(11-37)26(47)48/h12-17,20,37H,4-11,28H2,1-3H3,(H,32,44)(H,33,42)(H,34,46)(H,35,43)(H,36,45)(H,38,39)(H,40,41)(H,47,48)(H4,29,30,31)/t13-,14-,15-,16-,17-,20-/m0/s1. The number of carbonyl (C=O) groups excluding carboxylic acids is 5. The van der Waals surface area contributed by atoms with E-state index in [9.17, 15) is 58.8 Å². The minimum atomic E-state index is -1.84. The van der Waals surface area contributed by atoms with Crippen molar-refractivity contribution < 1.29 is 58.8 Å². The number of aliphatic hydroxyl groups excluding tert-OH is 1. The first-order chi connectivity index (χ1) is 22.8. The largest absolute Gasteiger partial charge is 0.481 e. The molecule has 49 heavy (non-hydrogen) atoms. The summed E-state index contributed by atoms with van der Waals surface area (Å²) in [4.78, 5) is 103. The minimum Gasteiger partial charge on any atom is -0.481 e. The van der Waals surface area contributed by atoms with Gasteiger partial charge in [0.1, 0.15) is 30.2 Å². The number of carbonyl (C=O) groups is 8. The second kappa shape index (κ2) is 22.8. The van der Waals surface area contributed by atoms with Gasteiger partial charge in [0, 0.05) is 6.54 Å². The number of nitrogens with two attached hydrogens (primary N) is 3. The summed E-state index contributed by atoms with van der Waals surface area (Å²) < 4.78 is 0. The van der Waals surface area contributed by atoms with Crippen LogP contribution in [-0.4, -0.2) is 135 Å². The number of amides is 5. The summed E-state index contributed by atoms with van der Waals surface area (Å²) in [5.74, 6) is -10.2. The second-order valence-electron chi connectivity index (χ2n) is 11.0. The van der Waals surface area contributed by atoms with Crippen molar-refractivity contribution in [3.8, 4) is 0 Å². The number of guanidine groups is 1. The fraction of sp³-hybridized carbons (Fsp3) is 0.667. The Hall–Kier alpha value is -4.70. The van der Waals surface area contributed by atoms with Crippen LogP contribution in [0.5, 0.6) is 0 Å². The third-order valence-corrected chi connectivity index (χ3v) is 7.26. The van der Waals surface area contributed by atoms with Crippen LogP contribution in [0.2, 0.25) is 0 Å². The summed E-state index contributed by atoms with van der Waals surface area (Å²) in [6.07, 6.45) is 0.0325. The van der Waals surface area contributed by atoms with Gasteiger partial charge in [0.05, 0.1) is 25.5 Å². The van der Waals surface area contributed by atoms with Crippen molar-refractivity contribution in [3.63, 3.8) is 0 Å². The predicted molar refractivity (Wildman–Crippen MR) is 175 cm³/mol. The smallest absolute Gasteiger partial charge is 0.328 e. The van der Waals surface area contributed by atoms with E-state index in [1.807, 2.05) is 5.32 Å². The van der Waals surface area contributed by atoms with Gasteiger partial charge >= 0.3 is 17.9 Å². The normalized spacial score (nSPS) is 14.5. The van der Waals surface area contributed by atoms with Crippen molar-refractivity contribution in [2.75, 3.05) is 25.2 Å². The summed E-state index contributed by atoms with van der Waals surface area (Å²) in [6.45, 7) is 1.97. The lowest BCUT2D eigenvalue weighted by Crippen LogP contribution is -2.60. The topological polar surface area (TPSA) is 368 Å². The second-order valence-corrected chi connectivity index (χ2v) is 12.0. The maximum absolute atomic E-state index is 13.3. The van der Waals surface area contributed by atoms with Crippen molar-refractivity contribution >= 4 is 65.2 Å². The Morgan fingerprint density at radius 2 is 1.16 bits per heavy atom. The van der Waals surface area contributed by atoms with Crippen LogP contribution >= 0.6 is 11.8 Å². The van der Waals surface area contributed by atoms with Gasteiger partial charge in [-0.15, -0.1) is 0 Å². The van der Waals surface area contributed by atoms with Gasteiger partial charge in [0.2, 0.25) is 29.5 Å². The maximum Gasteiger partial charge on any atom is 0.328 e. The molecule has 0 aliphatic carbocycles. The summed E-state index contributed by atoms with van der Waals surface area (Å²) >= 11 is 1.42. The number of carboxylic acid groups (broad SMARTS) is 3. The molecule has 0 aromatic rings. The zero-order valence-corrected chi connectivity index (χ0v) is 28.2. The Labute approximate surface area is 285 Å². The molecule has 0 aromatic carbocycles. The van der Waals surface area contributed by atoms with E-state index in [-0.39, 0.29) is 31.8 Å². The van der Waals surface area contributed by atoms with Gasteiger partial charge in [-0.25, -0.2) is 4.79 Å². The van der Waals surface area contributed by atoms with Crippen molar-refractivity contribution in [2.45, 2.75) is 82.2 Å². The molecule has 22 heteroatoms. The van der Waals surface area contributed by atoms with E-state index in [1.165, 1.54) is 25.6 Å². The van der Waals surface area contributed by atoms with Crippen molar-refractivity contribution in [1.82, 2.24) is 26.6 Å². The number of carboxylic acids is 3. The molecule has 0 spiro atoms. The van der Waals surface area contributed by atoms with E-state index in [1.54, 1.807) is 6.26 Å². The van der Waals surface area contributed by atoms with Crippen LogP contribution < -0.4 is 43.8 Å². The van der Waals surface area contributed by atoms with E-state index in [2.05, 4.69) is 26.3 Å². The Kier molecular flexibility index (Phi) is 20.6. The molecule has 0 aliphatic rings. The van der Waals surface area contributed by atoms with Gasteiger partial charge in [0.25, 0.3) is 0 Å². The molecule has 21 nitrogen and oxygen atoms in total. The number of hydrogen-bond acceptors (Lipinski definition) is 12. The van der Waals surface area contributed by atoms with Gasteiger partial charge in [-0.1, -0.05) is 13.8 Å². The average Bonchev–Trinajstić information content (AvgIpc) is 3.00. The van der Waals surface area contributed by atoms with Crippen LogP contribution in [0.25, 0.3) is 0 Å². The fourth-order valence-electron chi connectivity index (χ4n) is 3.98. The van der Waals surface area contributed by atoms with Crippen LogP contribution in [0.4, 0.5) is 0 Å². The molecular formula is C27H47N9O12S. The molecule has 0 aliphatic heterocycles. The molecule has 0 radical (unpaired) electrons. The molecule has 0 fully saturated rings. The van der Waals surface area contributed by atoms with Crippen molar-refractivity contribution in [2.24, 2.45) is 28.1 Å². The van der Waals surface area contributed by atoms with Gasteiger partial charge in [-0.2, -0.15) is 11.8 Å². The quantitative estimate of drug-likeness (QED) is 0.0253. The Morgan fingerprint density at radius 1 is 0.694 bits per heavy atom. The summed E-state index contributed by atoms with van der Waals surface area (Å²) in [5.41, 5.74) is 16.4. The monoisotopic (exact) mass is 721 g/mol. The molecule has 6 atom stereocenters. The number of aliphatic carboxylic acids is 3. The minimum absolute atomic E-state index is 0.0114. The molecule has 0 saturated heterocycles. The molecule has 278 valence electrons. The van der Waals surface area contributed by atoms with E-state index in [0.717, 1.165) is 0 Å². The molecule has 0 heterocycles. The Morgan fingerprint density at radius 3 is 1.61 bits per heavy atom. The molecule has 5 amide bonds. The zero-order valence-electron chi connectivity index (χ0n) is 27.3. The number of nitrogens with zero attached hydrogens (tertiary/aromatic N) is 1. The summed E-state index contributed by atoms with van der Waals surface area (Å²) in [7, 11) is 0. The highest BCUT2D eigenvalue weighted by molar-refractivity contribution is 7.98. The first-order valence-corrected chi connectivity index (χ1v) is 16.3. The van der Waals surface area contributed by atoms with E-state index < -0.39 is 109 Å². The highest BCUT2D eigenvalue weighted by Crippen LogP contribution is 2.08. The number of aliphatic hydroxyl groups is 1. The molecule has 0 bridgehead atoms. The molecule has 15 N–H and O–H groups in total. The molecule has 0 unspecified atom stereocenters. The number of rotatable bonds is 24. The van der Waals surface area contributed by atoms with Crippen LogP contribution in [-0.2, 0) is 38.4 Å². The third-order valence-electron chi connectivity index (χ3n) is 6.62. The van der Waals surface area contributed by atoms with Gasteiger partial charge in [0.15, 0.2) is 5.96 Å². The number of thioether (sulfide) groups is 1. The molecule has 0 aromatic heterocycles. The lowest BCUT2D eigenvalue weighted by atomic mass is 10.0. The highest BCUT2D eigenvalue weighted by Gasteiger charge is 2.35. The predicted octanol–water partition coefficient (Wildman–Crippen LogP) is -4.77. The van der Waals surface area contributed by atoms with Crippen molar-refractivity contribution in [1.29, 1.82) is 0 Å². The van der Waals surface area contributed by atoms with Crippen LogP contribution in [0, 0.1) is 5.92 Å². The summed E-state index contributed by atoms with van der Waals surface area (Å²) in [6, 6.07) is -9.26. The Balaban J connectivity index is 6.08. The maximum atomic E-state index is 13.3. The number of hydrogen-bond donors (Lipinski definition) is 12. The zero-order chi connectivity index (χ0) is 37.8. The SMILES string of the molecule is CSCC[C@H](N)C(=O)N[C@@H](CC(=O)O)C(=O)N[C@H](C(=O)N[C@@H](CC(=O)O)C(=O)N[C@@H](CCCN=C(N)N)C(=O)N[C@@H](CO)C(=O)O)C(C)C. The van der Waals surface area contributed by atoms with Crippen LogP contribution in [0.1, 0.15) is 46.0 Å². The fourth-order valence-corrected chi connectivity index (χ4v) is 4.46. The number of aliphatic imine (C=N–C) groups is 1. The van der Waals surface area contributed by atoms with Crippen LogP contribution in [0.3, 0.4) is 0 Å². The Bertz CT molecular complexity index is 1220. The first kappa shape index (κ1) is 44.3. The van der Waals surface area contributed by atoms with Gasteiger partial charge < -0.3 is 64.2 Å². The molecule has 0 rings (SSSR count). The highest BCUT2D eigenvalue weighted by atomic mass is 32.2. The first-order valence-electron chi connectivity index (χ1n) is 14.9. The lowest BCUT2D eigenvalue weighted by molar-refractivity contribution is -0.144. The van der Waals surface area contributed by atoms with Crippen molar-refractivity contribution in [3.05, 3.63) is 0 Å². The van der Waals surface area contributed by atoms with Gasteiger partial charge in [-0.3, -0.25) is 38.6 Å². The van der Waals surface area contributed by atoms with E-state index in [0.29, 0.717) is 5.75 Å². The van der Waals surface area contributed by atoms with E-state index >= 15 is 0 Å². The van der Waals surface area contributed by atoms with Crippen LogP contribution in [0.15, 0.2) is 4.99 Å². The average molecular weight is 722 g/mol. The van der Waals surface area contributed by atoms with Gasteiger partial charge in [-0.05, 0) is 37.2 Å².